The van der Waals surface area contributed by atoms with Gasteiger partial charge in [0, 0.05) is 17.9 Å². The van der Waals surface area contributed by atoms with E-state index in [1.807, 2.05) is 0 Å². The van der Waals surface area contributed by atoms with Crippen LogP contribution in [0.5, 0.6) is 0 Å². The number of rotatable bonds is 4. The van der Waals surface area contributed by atoms with Crippen LogP contribution in [0.2, 0.25) is 0 Å². The predicted octanol–water partition coefficient (Wildman–Crippen LogP) is 2.44. The third-order valence-corrected chi connectivity index (χ3v) is 2.45. The summed E-state index contributed by atoms with van der Waals surface area (Å²) < 4.78 is 0. The summed E-state index contributed by atoms with van der Waals surface area (Å²) in [5.74, 6) is 0.492. The van der Waals surface area contributed by atoms with Crippen molar-refractivity contribution in [1.82, 2.24) is 5.32 Å². The zero-order chi connectivity index (χ0) is 12.0. The van der Waals surface area contributed by atoms with Gasteiger partial charge in [-0.1, -0.05) is 26.3 Å². The molecule has 1 rings (SSSR count). The van der Waals surface area contributed by atoms with Crippen molar-refractivity contribution in [2.75, 3.05) is 17.6 Å². The van der Waals surface area contributed by atoms with Gasteiger partial charge in [-0.3, -0.25) is 0 Å². The highest BCUT2D eigenvalue weighted by Crippen LogP contribution is 2.11. The van der Waals surface area contributed by atoms with Crippen LogP contribution in [-0.4, -0.2) is 12.6 Å². The number of hydrogen-bond acceptors (Lipinski definition) is 2. The van der Waals surface area contributed by atoms with E-state index in [1.54, 1.807) is 24.3 Å². The van der Waals surface area contributed by atoms with E-state index < -0.39 is 0 Å². The molecule has 88 valence electrons. The van der Waals surface area contributed by atoms with E-state index in [0.717, 1.165) is 6.42 Å². The number of nitrogens with two attached hydrogens (primary N) is 1. The normalized spacial score (nSPS) is 11.9. The number of urea groups is 1. The summed E-state index contributed by atoms with van der Waals surface area (Å²) in [5, 5.41) is 5.54. The number of nitrogens with one attached hydrogen (secondary N) is 2. The van der Waals surface area contributed by atoms with Gasteiger partial charge in [0.25, 0.3) is 0 Å². The Hall–Kier alpha value is -1.71. The molecule has 4 N–H and O–H groups in total. The lowest BCUT2D eigenvalue weighted by atomic mass is 10.1. The molecule has 1 aromatic carbocycles. The van der Waals surface area contributed by atoms with Crippen molar-refractivity contribution in [3.63, 3.8) is 0 Å². The molecule has 1 unspecified atom stereocenters. The molecule has 4 heteroatoms. The fourth-order valence-corrected chi connectivity index (χ4v) is 1.20. The SMILES string of the molecule is CCC(C)CNC(=O)Nc1cccc(N)c1. The van der Waals surface area contributed by atoms with Crippen LogP contribution in [0.15, 0.2) is 24.3 Å². The summed E-state index contributed by atoms with van der Waals surface area (Å²) in [5.41, 5.74) is 6.95. The molecule has 0 saturated heterocycles. The van der Waals surface area contributed by atoms with Crippen LogP contribution in [0.25, 0.3) is 0 Å². The Balaban J connectivity index is 2.40. The molecule has 1 atom stereocenters. The van der Waals surface area contributed by atoms with E-state index >= 15 is 0 Å². The van der Waals surface area contributed by atoms with E-state index in [2.05, 4.69) is 24.5 Å². The van der Waals surface area contributed by atoms with Gasteiger partial charge in [-0.15, -0.1) is 0 Å². The fraction of sp³-hybridized carbons (Fsp3) is 0.417. The number of amides is 2. The summed E-state index contributed by atoms with van der Waals surface area (Å²) in [4.78, 5) is 11.5. The molecular formula is C12H19N3O. The highest BCUT2D eigenvalue weighted by Gasteiger charge is 2.03. The molecule has 2 amide bonds. The molecule has 0 fully saturated rings. The Kier molecular flexibility index (Phi) is 4.64. The molecule has 0 heterocycles. The summed E-state index contributed by atoms with van der Waals surface area (Å²) in [6.45, 7) is 4.88. The lowest BCUT2D eigenvalue weighted by Crippen LogP contribution is -2.32. The van der Waals surface area contributed by atoms with Crippen molar-refractivity contribution in [1.29, 1.82) is 0 Å². The summed E-state index contributed by atoms with van der Waals surface area (Å²) in [6.07, 6.45) is 1.05. The van der Waals surface area contributed by atoms with Crippen LogP contribution in [0, 0.1) is 5.92 Å². The van der Waals surface area contributed by atoms with Crippen molar-refractivity contribution in [3.05, 3.63) is 24.3 Å². The van der Waals surface area contributed by atoms with Crippen LogP contribution in [0.1, 0.15) is 20.3 Å². The number of hydrogen-bond donors (Lipinski definition) is 3. The van der Waals surface area contributed by atoms with E-state index in [-0.39, 0.29) is 6.03 Å². The largest absolute Gasteiger partial charge is 0.399 e. The molecule has 0 saturated carbocycles. The van der Waals surface area contributed by atoms with E-state index in [4.69, 9.17) is 5.73 Å². The first-order chi connectivity index (χ1) is 7.61. The van der Waals surface area contributed by atoms with Crippen molar-refractivity contribution in [3.8, 4) is 0 Å². The minimum atomic E-state index is -0.189. The van der Waals surface area contributed by atoms with Gasteiger partial charge >= 0.3 is 6.03 Å². The third kappa shape index (κ3) is 4.21. The monoisotopic (exact) mass is 221 g/mol. The number of benzene rings is 1. The first kappa shape index (κ1) is 12.4. The van der Waals surface area contributed by atoms with Gasteiger partial charge < -0.3 is 16.4 Å². The van der Waals surface area contributed by atoms with Crippen molar-refractivity contribution in [2.45, 2.75) is 20.3 Å². The lowest BCUT2D eigenvalue weighted by molar-refractivity contribution is 0.250. The Morgan fingerprint density at radius 2 is 2.25 bits per heavy atom. The second-order valence-electron chi connectivity index (χ2n) is 3.97. The average molecular weight is 221 g/mol. The number of nitrogen functional groups attached to an aromatic ring is 1. The van der Waals surface area contributed by atoms with Gasteiger partial charge in [0.1, 0.15) is 0 Å². The molecular weight excluding hydrogens is 202 g/mol. The van der Waals surface area contributed by atoms with Crippen LogP contribution < -0.4 is 16.4 Å². The van der Waals surface area contributed by atoms with Gasteiger partial charge in [0.05, 0.1) is 0 Å². The lowest BCUT2D eigenvalue weighted by Gasteiger charge is -2.11. The van der Waals surface area contributed by atoms with E-state index in [1.165, 1.54) is 0 Å². The molecule has 0 aromatic heterocycles. The van der Waals surface area contributed by atoms with Gasteiger partial charge in [0.15, 0.2) is 0 Å². The summed E-state index contributed by atoms with van der Waals surface area (Å²) >= 11 is 0. The van der Waals surface area contributed by atoms with Crippen molar-refractivity contribution < 1.29 is 4.79 Å². The first-order valence-electron chi connectivity index (χ1n) is 5.52. The molecule has 0 bridgehead atoms. The third-order valence-electron chi connectivity index (χ3n) is 2.45. The molecule has 16 heavy (non-hydrogen) atoms. The van der Waals surface area contributed by atoms with Crippen LogP contribution >= 0.6 is 0 Å². The molecule has 0 aliphatic carbocycles. The highest BCUT2D eigenvalue weighted by molar-refractivity contribution is 5.89. The maximum atomic E-state index is 11.5. The Morgan fingerprint density at radius 3 is 2.88 bits per heavy atom. The maximum Gasteiger partial charge on any atom is 0.319 e. The molecule has 0 radical (unpaired) electrons. The second-order valence-corrected chi connectivity index (χ2v) is 3.97. The zero-order valence-electron chi connectivity index (χ0n) is 9.79. The van der Waals surface area contributed by atoms with Gasteiger partial charge in [-0.05, 0) is 24.1 Å². The van der Waals surface area contributed by atoms with Crippen LogP contribution in [-0.2, 0) is 0 Å². The van der Waals surface area contributed by atoms with Crippen molar-refractivity contribution >= 4 is 17.4 Å². The standard InChI is InChI=1S/C12H19N3O/c1-3-9(2)8-14-12(16)15-11-6-4-5-10(13)7-11/h4-7,9H,3,8,13H2,1-2H3,(H2,14,15,16). The summed E-state index contributed by atoms with van der Waals surface area (Å²) in [6, 6.07) is 6.93. The molecule has 0 aliphatic heterocycles. The summed E-state index contributed by atoms with van der Waals surface area (Å²) in [7, 11) is 0. The topological polar surface area (TPSA) is 67.2 Å². The van der Waals surface area contributed by atoms with Gasteiger partial charge in [0.2, 0.25) is 0 Å². The van der Waals surface area contributed by atoms with Gasteiger partial charge in [-0.25, -0.2) is 4.79 Å². The Labute approximate surface area is 96.2 Å². The molecule has 1 aromatic rings. The van der Waals surface area contributed by atoms with Crippen LogP contribution in [0.3, 0.4) is 0 Å². The minimum absolute atomic E-state index is 0.189. The quantitative estimate of drug-likeness (QED) is 0.683. The smallest absolute Gasteiger partial charge is 0.319 e. The van der Waals surface area contributed by atoms with Gasteiger partial charge in [-0.2, -0.15) is 0 Å². The average Bonchev–Trinajstić information content (AvgIpc) is 2.26. The first-order valence-corrected chi connectivity index (χ1v) is 5.52. The Bertz CT molecular complexity index is 352. The number of carbonyl (C=O) groups excluding carboxylic acids is 1. The van der Waals surface area contributed by atoms with E-state index in [0.29, 0.717) is 23.8 Å². The number of anilines is 2. The molecule has 0 spiro atoms. The van der Waals surface area contributed by atoms with Crippen LogP contribution in [0.4, 0.5) is 16.2 Å². The molecule has 4 nitrogen and oxygen atoms in total. The maximum absolute atomic E-state index is 11.5. The fourth-order valence-electron chi connectivity index (χ4n) is 1.20. The minimum Gasteiger partial charge on any atom is -0.399 e. The molecule has 0 aliphatic rings. The zero-order valence-corrected chi connectivity index (χ0v) is 9.79. The highest BCUT2D eigenvalue weighted by atomic mass is 16.2. The second kappa shape index (κ2) is 6.00. The Morgan fingerprint density at radius 1 is 1.50 bits per heavy atom. The van der Waals surface area contributed by atoms with E-state index in [9.17, 15) is 4.79 Å². The predicted molar refractivity (Wildman–Crippen MR) is 67.3 cm³/mol. The number of carbonyl (C=O) groups is 1. The van der Waals surface area contributed by atoms with Crippen molar-refractivity contribution in [2.24, 2.45) is 5.92 Å².